The van der Waals surface area contributed by atoms with Gasteiger partial charge in [0.1, 0.15) is 45.2 Å². The van der Waals surface area contributed by atoms with Gasteiger partial charge in [0.05, 0.1) is 83.6 Å². The molecule has 8 aromatic carbocycles. The zero-order valence-electron chi connectivity index (χ0n) is 61.3. The van der Waals surface area contributed by atoms with Gasteiger partial charge in [-0.3, -0.25) is 0 Å². The first-order valence-corrected chi connectivity index (χ1v) is 34.0. The molecule has 44 nitrogen and oxygen atoms in total. The summed E-state index contributed by atoms with van der Waals surface area (Å²) in [4.78, 5) is 241. The van der Waals surface area contributed by atoms with Gasteiger partial charge in [-0.2, -0.15) is 0 Å². The molecule has 4 aliphatic heterocycles. The van der Waals surface area contributed by atoms with E-state index in [0.29, 0.717) is 44.8 Å². The smallest absolute Gasteiger partial charge is 0.545 e. The molecule has 0 amide bonds. The predicted octanol–water partition coefficient (Wildman–Crippen LogP) is -9.19. The molecule has 7 radical (unpaired) electrons. The van der Waals surface area contributed by atoms with E-state index in [1.54, 1.807) is 84.9 Å². The largest absolute Gasteiger partial charge is 2.00 e. The summed E-state index contributed by atoms with van der Waals surface area (Å²) in [7, 11) is 0. The van der Waals surface area contributed by atoms with E-state index >= 15 is 0 Å². The van der Waals surface area contributed by atoms with Crippen LogP contribution in [0.15, 0.2) is 109 Å². The molecular formula is C78H22Cu7N16O28. The van der Waals surface area contributed by atoms with Crippen LogP contribution < -0.4 is 71.5 Å². The Hall–Kier alpha value is -15.3. The number of rotatable bonds is 14. The van der Waals surface area contributed by atoms with Gasteiger partial charge in [-0.25, -0.2) is 59.8 Å². The summed E-state index contributed by atoms with van der Waals surface area (Å²) in [6.07, 6.45) is 0. The molecule has 10 heterocycles. The first-order chi connectivity index (χ1) is 58.1. The van der Waals surface area contributed by atoms with Gasteiger partial charge >= 0.3 is 119 Å². The Bertz CT molecular complexity index is 7500. The Labute approximate surface area is 781 Å². The van der Waals surface area contributed by atoms with Gasteiger partial charge in [-0.05, 0) is 12.1 Å². The molecule has 6 aromatic heterocycles. The minimum atomic E-state index is -2.55. The van der Waals surface area contributed by atoms with Crippen molar-refractivity contribution >= 4 is 172 Å². The van der Waals surface area contributed by atoms with Crippen LogP contribution in [-0.4, -0.2) is 163 Å². The monoisotopic (exact) mass is 2070 g/mol. The van der Waals surface area contributed by atoms with E-state index in [9.17, 15) is 139 Å². The van der Waals surface area contributed by atoms with Crippen molar-refractivity contribution in [2.45, 2.75) is 0 Å². The van der Waals surface area contributed by atoms with Gasteiger partial charge in [-0.15, -0.1) is 0 Å². The minimum absolute atomic E-state index is 0. The van der Waals surface area contributed by atoms with Gasteiger partial charge in [0, 0.05) is 165 Å². The van der Waals surface area contributed by atoms with Crippen molar-refractivity contribution in [3.63, 3.8) is 0 Å². The molecule has 0 fully saturated rings. The number of aromatic carboxylic acids is 14. The normalized spacial score (nSPS) is 10.9. The number of fused-ring (bicyclic) bond motifs is 40. The molecule has 129 heavy (non-hydrogen) atoms. The molecule has 0 saturated heterocycles. The molecule has 0 aliphatic carbocycles. The number of hydrogen-bond donors (Lipinski definition) is 4. The summed E-state index contributed by atoms with van der Waals surface area (Å²) < 4.78 is 0. The number of carboxylic acid groups (broad SMARTS) is 14. The van der Waals surface area contributed by atoms with Crippen LogP contribution in [0.4, 0.5) is 0 Å². The third-order valence-electron chi connectivity index (χ3n) is 19.6. The number of H-pyrrole nitrogens is 4. The zero-order valence-corrected chi connectivity index (χ0v) is 67.9. The molecule has 0 spiro atoms. The van der Waals surface area contributed by atoms with Crippen molar-refractivity contribution < 1.29 is 258 Å². The second-order valence-corrected chi connectivity index (χ2v) is 26.1. The number of nitrogens with one attached hydrogen (secondary N) is 4. The first kappa shape index (κ1) is 95.9. The van der Waals surface area contributed by atoms with Crippen molar-refractivity contribution in [1.29, 1.82) is 0 Å². The molecule has 18 rings (SSSR count). The summed E-state index contributed by atoms with van der Waals surface area (Å²) >= 11 is 0. The van der Waals surface area contributed by atoms with E-state index in [-0.39, 0.29) is 176 Å². The maximum Gasteiger partial charge on any atom is 2.00 e. The molecule has 0 saturated carbocycles. The molecule has 659 valence electrons. The van der Waals surface area contributed by atoms with Crippen LogP contribution in [0.3, 0.4) is 0 Å². The molecule has 0 atom stereocenters. The van der Waals surface area contributed by atoms with Crippen LogP contribution in [0.1, 0.15) is 145 Å². The fourth-order valence-corrected chi connectivity index (χ4v) is 15.0. The number of carbonyl (C=O) groups is 14. The van der Waals surface area contributed by atoms with Gasteiger partial charge in [0.15, 0.2) is 46.6 Å². The molecule has 16 bridgehead atoms. The van der Waals surface area contributed by atoms with Crippen molar-refractivity contribution in [3.8, 4) is 91.1 Å². The number of hydrogen-bond acceptors (Lipinski definition) is 40. The Kier molecular flexibility index (Phi) is 26.5. The molecule has 0 unspecified atom stereocenters. The average molecular weight is 2080 g/mol. The summed E-state index contributed by atoms with van der Waals surface area (Å²) in [6, 6.07) is 26.9. The summed E-state index contributed by atoms with van der Waals surface area (Å²) in [6.45, 7) is 0. The van der Waals surface area contributed by atoms with Gasteiger partial charge in [0.2, 0.25) is 0 Å². The van der Waals surface area contributed by atoms with Crippen LogP contribution in [0.25, 0.3) is 179 Å². The number of nitrogens with zero attached hydrogens (tertiary/aromatic N) is 12. The number of aromatic nitrogens is 16. The number of carbonyl (C=O) groups excluding carboxylic acids is 14. The second-order valence-electron chi connectivity index (χ2n) is 26.1. The minimum Gasteiger partial charge on any atom is -0.545 e. The topological polar surface area (TPSA) is 780 Å². The van der Waals surface area contributed by atoms with E-state index in [0.717, 1.165) is 0 Å². The van der Waals surface area contributed by atoms with Gasteiger partial charge in [0.25, 0.3) is 0 Å². The third kappa shape index (κ3) is 15.3. The maximum absolute atomic E-state index is 12.9. The quantitative estimate of drug-likeness (QED) is 0.0735. The van der Waals surface area contributed by atoms with Gasteiger partial charge in [-0.1, -0.05) is 97.1 Å². The van der Waals surface area contributed by atoms with E-state index in [2.05, 4.69) is 79.7 Å². The summed E-state index contributed by atoms with van der Waals surface area (Å²) in [5.74, 6) is -37.1. The number of carboxylic acids is 14. The predicted molar refractivity (Wildman–Crippen MR) is 373 cm³/mol. The Morgan fingerprint density at radius 1 is 0.186 bits per heavy atom. The summed E-state index contributed by atoms with van der Waals surface area (Å²) in [5.41, 5.74) is -26.3. The standard InChI is InChI=1S/2C39H18N8O14.7Cu/c2*48-33(49)15-9-14-16(20(35(52)53)17(15)34(50)51)30-45-29(14)43-27-11-6-2-1-5-10(11)25(41-27)40-26-12-7-3-4-8-13(12)28(42-26)44-31-18-19(32(46-30)47-31)22(37(56)57)24(39(60)61)23(38(58)59)21(18)36(54)55;;;;;;;/h2*1-9H,(H,48,49)(H,50,51)(H,52,53)(H,54,55)(H,56,57)(H,58,59)(H,60,61)(H2,40,41,42,43,44,45,46,47);;;;;;;/q;;7*+2/p-14. The van der Waals surface area contributed by atoms with Crippen molar-refractivity contribution in [1.82, 2.24) is 79.7 Å². The van der Waals surface area contributed by atoms with E-state index < -0.39 is 251 Å². The van der Waals surface area contributed by atoms with E-state index in [1.807, 2.05) is 0 Å². The van der Waals surface area contributed by atoms with Crippen LogP contribution >= 0.6 is 0 Å². The molecule has 14 aromatic rings. The molecule has 51 heteroatoms. The van der Waals surface area contributed by atoms with Crippen molar-refractivity contribution in [3.05, 3.63) is 187 Å². The first-order valence-electron chi connectivity index (χ1n) is 34.0. The van der Waals surface area contributed by atoms with Crippen LogP contribution in [0.2, 0.25) is 0 Å². The maximum atomic E-state index is 12.9. The summed E-state index contributed by atoms with van der Waals surface area (Å²) in [5, 5.41) is 174. The molecule has 4 N–H and O–H groups in total. The third-order valence-corrected chi connectivity index (χ3v) is 19.6. The van der Waals surface area contributed by atoms with Crippen LogP contribution in [0, 0.1) is 0 Å². The SMILES string of the molecule is O=C([O-])c1cc2c(c(C(=O)[O-])c1C(=O)[O-])-c1nc-2nc2[nH]c(nc3nc(nc4[nH]c(n1)c1c(C(=O)[O-])c(C(=O)[O-])c(C(=O)[O-])c(C(=O)[O-])c41)-c1ccccc1-3)c1ccccc21.O=C([O-])c1cc2c(c(C(=O)[O-])c1C(=O)[O-])-c1nc-2nc2[nH]c(nc3nc(nc4[nH]c(n1)c1c(C(=O)[O-])c(C(=O)[O-])c(C(=O)[O-])c(C(=O)[O-])c41)-c1ccccc1-3)c1ccccc21.[Cu+2].[Cu+2].[Cu+2].[Cu+2].[Cu+2].[Cu+2].[Cu+2]. The van der Waals surface area contributed by atoms with E-state index in [1.165, 1.54) is 12.1 Å². The van der Waals surface area contributed by atoms with Crippen molar-refractivity contribution in [2.75, 3.05) is 0 Å². The van der Waals surface area contributed by atoms with Crippen LogP contribution in [0.5, 0.6) is 0 Å². The average Bonchev–Trinajstić information content (AvgIpc) is 1.63. The second kappa shape index (κ2) is 35.6. The van der Waals surface area contributed by atoms with E-state index in [4.69, 9.17) is 0 Å². The molecule has 4 aliphatic rings. The molecular weight excluding hydrogens is 2050 g/mol. The Morgan fingerprint density at radius 2 is 0.364 bits per heavy atom. The Balaban J connectivity index is 0.000000255. The fourth-order valence-electron chi connectivity index (χ4n) is 15.0. The Morgan fingerprint density at radius 3 is 0.574 bits per heavy atom. The zero-order chi connectivity index (χ0) is 86.7. The van der Waals surface area contributed by atoms with Crippen LogP contribution in [-0.2, 0) is 119 Å². The van der Waals surface area contributed by atoms with Gasteiger partial charge < -0.3 is 159 Å². The van der Waals surface area contributed by atoms with Crippen molar-refractivity contribution in [2.24, 2.45) is 0 Å². The fraction of sp³-hybridized carbons (Fsp3) is 0. The number of benzene rings is 8. The number of aromatic amines is 4.